The van der Waals surface area contributed by atoms with Crippen LogP contribution in [-0.4, -0.2) is 21.4 Å². The van der Waals surface area contributed by atoms with E-state index in [1.807, 2.05) is 31.1 Å². The summed E-state index contributed by atoms with van der Waals surface area (Å²) in [6.07, 6.45) is 0.922. The number of aryl methyl sites for hydroxylation is 3. The van der Waals surface area contributed by atoms with E-state index in [-0.39, 0.29) is 0 Å². The summed E-state index contributed by atoms with van der Waals surface area (Å²) < 4.78 is 8.61. The fraction of sp³-hybridized carbons (Fsp3) is 0.500. The smallest absolute Gasteiger partial charge is 0.0896 e. The number of hydrogen-bond acceptors (Lipinski definition) is 4. The van der Waals surface area contributed by atoms with Gasteiger partial charge >= 0.3 is 0 Å². The normalized spacial score (nSPS) is 11.1. The van der Waals surface area contributed by atoms with E-state index in [1.54, 1.807) is 11.3 Å². The minimum atomic E-state index is 0.579. The second-order valence-electron chi connectivity index (χ2n) is 4.13. The van der Waals surface area contributed by atoms with E-state index in [1.165, 1.54) is 4.88 Å². The molecule has 0 bridgehead atoms. The lowest BCUT2D eigenvalue weighted by Crippen LogP contribution is -2.04. The van der Waals surface area contributed by atoms with Gasteiger partial charge in [0.25, 0.3) is 0 Å². The Kier molecular flexibility index (Phi) is 4.53. The minimum Gasteiger partial charge on any atom is -0.375 e. The number of nitrogens with zero attached hydrogens (tertiary/aromatic N) is 3. The maximum Gasteiger partial charge on any atom is 0.0896 e. The Morgan fingerprint density at radius 1 is 1.39 bits per heavy atom. The van der Waals surface area contributed by atoms with Crippen molar-refractivity contribution in [3.63, 3.8) is 0 Å². The van der Waals surface area contributed by atoms with Crippen molar-refractivity contribution in [1.29, 1.82) is 0 Å². The van der Waals surface area contributed by atoms with E-state index < -0.39 is 0 Å². The molecular weight excluding hydrogens is 314 g/mol. The van der Waals surface area contributed by atoms with Gasteiger partial charge in [-0.05, 0) is 29.8 Å². The van der Waals surface area contributed by atoms with Crippen LogP contribution in [0.15, 0.2) is 9.98 Å². The summed E-state index contributed by atoms with van der Waals surface area (Å²) in [5.74, 6) is 0. The Morgan fingerprint density at radius 3 is 2.72 bits per heavy atom. The van der Waals surface area contributed by atoms with E-state index in [0.717, 1.165) is 28.0 Å². The van der Waals surface area contributed by atoms with Gasteiger partial charge in [0.05, 0.1) is 40.3 Å². The van der Waals surface area contributed by atoms with Gasteiger partial charge in [0.1, 0.15) is 0 Å². The fourth-order valence-electron chi connectivity index (χ4n) is 1.74. The van der Waals surface area contributed by atoms with Gasteiger partial charge in [-0.3, -0.25) is 4.68 Å². The standard InChI is InChI=1S/C12H16BrN3OS/c1-8-11(18-7-14-8)4-5-17-6-10-12(13)9(2)15-16(10)3/h7H,4-6H2,1-3H3. The third kappa shape index (κ3) is 2.99. The minimum absolute atomic E-state index is 0.579. The molecule has 98 valence electrons. The molecule has 0 aliphatic rings. The molecule has 0 aliphatic heterocycles. The van der Waals surface area contributed by atoms with Crippen molar-refractivity contribution in [3.05, 3.63) is 31.9 Å². The topological polar surface area (TPSA) is 39.9 Å². The third-order valence-corrected chi connectivity index (χ3v) is 4.85. The number of aromatic nitrogens is 3. The summed E-state index contributed by atoms with van der Waals surface area (Å²) in [5, 5.41) is 4.34. The average Bonchev–Trinajstić information content (AvgIpc) is 2.83. The number of rotatable bonds is 5. The number of ether oxygens (including phenoxy) is 1. The first kappa shape index (κ1) is 13.7. The van der Waals surface area contributed by atoms with E-state index in [0.29, 0.717) is 13.2 Å². The van der Waals surface area contributed by atoms with Crippen LogP contribution < -0.4 is 0 Å². The molecule has 0 radical (unpaired) electrons. The molecule has 0 spiro atoms. The van der Waals surface area contributed by atoms with Gasteiger partial charge < -0.3 is 4.74 Å². The highest BCUT2D eigenvalue weighted by Crippen LogP contribution is 2.21. The second kappa shape index (κ2) is 5.95. The summed E-state index contributed by atoms with van der Waals surface area (Å²) in [7, 11) is 1.93. The maximum atomic E-state index is 5.71. The summed E-state index contributed by atoms with van der Waals surface area (Å²) in [6, 6.07) is 0. The molecule has 0 unspecified atom stereocenters. The van der Waals surface area contributed by atoms with Crippen molar-refractivity contribution in [3.8, 4) is 0 Å². The first-order valence-corrected chi connectivity index (χ1v) is 7.41. The van der Waals surface area contributed by atoms with Crippen molar-refractivity contribution < 1.29 is 4.74 Å². The first-order valence-electron chi connectivity index (χ1n) is 5.74. The van der Waals surface area contributed by atoms with Crippen LogP contribution >= 0.6 is 27.3 Å². The fourth-order valence-corrected chi connectivity index (χ4v) is 2.95. The molecule has 0 saturated heterocycles. The number of thiazole rings is 1. The number of halogens is 1. The Morgan fingerprint density at radius 2 is 2.17 bits per heavy atom. The molecule has 0 amide bonds. The predicted octanol–water partition coefficient (Wildman–Crippen LogP) is 3.02. The zero-order chi connectivity index (χ0) is 13.1. The summed E-state index contributed by atoms with van der Waals surface area (Å²) in [4.78, 5) is 5.53. The molecule has 18 heavy (non-hydrogen) atoms. The molecular formula is C12H16BrN3OS. The van der Waals surface area contributed by atoms with Crippen LogP contribution in [0.3, 0.4) is 0 Å². The molecule has 2 rings (SSSR count). The third-order valence-electron chi connectivity index (χ3n) is 2.82. The van der Waals surface area contributed by atoms with Crippen molar-refractivity contribution in [2.24, 2.45) is 7.05 Å². The van der Waals surface area contributed by atoms with Crippen LogP contribution in [0.1, 0.15) is 22.0 Å². The Balaban J connectivity index is 1.84. The van der Waals surface area contributed by atoms with Crippen molar-refractivity contribution in [2.45, 2.75) is 26.9 Å². The molecule has 0 aromatic carbocycles. The summed E-state index contributed by atoms with van der Waals surface area (Å²) in [5.41, 5.74) is 5.07. The SMILES string of the molecule is Cc1ncsc1CCOCc1c(Br)c(C)nn1C. The van der Waals surface area contributed by atoms with Crippen molar-refractivity contribution in [1.82, 2.24) is 14.8 Å². The molecule has 2 aromatic heterocycles. The molecule has 0 N–H and O–H groups in total. The van der Waals surface area contributed by atoms with Gasteiger partial charge in [-0.25, -0.2) is 4.98 Å². The van der Waals surface area contributed by atoms with Gasteiger partial charge in [0.15, 0.2) is 0 Å². The van der Waals surface area contributed by atoms with E-state index in [9.17, 15) is 0 Å². The van der Waals surface area contributed by atoms with Crippen molar-refractivity contribution >= 4 is 27.3 Å². The second-order valence-corrected chi connectivity index (χ2v) is 5.87. The Labute approximate surface area is 119 Å². The van der Waals surface area contributed by atoms with Crippen LogP contribution in [-0.2, 0) is 24.8 Å². The van der Waals surface area contributed by atoms with Crippen LogP contribution in [0.5, 0.6) is 0 Å². The van der Waals surface area contributed by atoms with Crippen LogP contribution in [0.2, 0.25) is 0 Å². The van der Waals surface area contributed by atoms with Crippen LogP contribution in [0.25, 0.3) is 0 Å². The van der Waals surface area contributed by atoms with Gasteiger partial charge in [-0.2, -0.15) is 5.10 Å². The number of hydrogen-bond donors (Lipinski definition) is 0. The highest BCUT2D eigenvalue weighted by molar-refractivity contribution is 9.10. The lowest BCUT2D eigenvalue weighted by molar-refractivity contribution is 0.118. The lowest BCUT2D eigenvalue weighted by atomic mass is 10.3. The monoisotopic (exact) mass is 329 g/mol. The van der Waals surface area contributed by atoms with Crippen molar-refractivity contribution in [2.75, 3.05) is 6.61 Å². The lowest BCUT2D eigenvalue weighted by Gasteiger charge is -2.05. The zero-order valence-electron chi connectivity index (χ0n) is 10.7. The van der Waals surface area contributed by atoms with E-state index in [4.69, 9.17) is 4.74 Å². The highest BCUT2D eigenvalue weighted by atomic mass is 79.9. The molecule has 0 atom stereocenters. The predicted molar refractivity (Wildman–Crippen MR) is 75.9 cm³/mol. The van der Waals surface area contributed by atoms with Crippen LogP contribution in [0, 0.1) is 13.8 Å². The maximum absolute atomic E-state index is 5.71. The molecule has 4 nitrogen and oxygen atoms in total. The molecule has 6 heteroatoms. The van der Waals surface area contributed by atoms with Gasteiger partial charge in [0, 0.05) is 18.3 Å². The largest absolute Gasteiger partial charge is 0.375 e. The molecule has 0 saturated carbocycles. The van der Waals surface area contributed by atoms with Gasteiger partial charge in [-0.1, -0.05) is 0 Å². The first-order chi connectivity index (χ1) is 8.59. The van der Waals surface area contributed by atoms with E-state index >= 15 is 0 Å². The summed E-state index contributed by atoms with van der Waals surface area (Å²) >= 11 is 5.22. The Hall–Kier alpha value is -0.720. The van der Waals surface area contributed by atoms with Crippen LogP contribution in [0.4, 0.5) is 0 Å². The Bertz CT molecular complexity index is 535. The van der Waals surface area contributed by atoms with E-state index in [2.05, 4.69) is 26.0 Å². The van der Waals surface area contributed by atoms with Gasteiger partial charge in [0.2, 0.25) is 0 Å². The quantitative estimate of drug-likeness (QED) is 0.791. The molecule has 2 aromatic rings. The zero-order valence-corrected chi connectivity index (χ0v) is 13.1. The average molecular weight is 330 g/mol. The summed E-state index contributed by atoms with van der Waals surface area (Å²) in [6.45, 7) is 5.30. The molecule has 0 fully saturated rings. The van der Waals surface area contributed by atoms with Gasteiger partial charge in [-0.15, -0.1) is 11.3 Å². The molecule has 2 heterocycles. The highest BCUT2D eigenvalue weighted by Gasteiger charge is 2.10. The molecule has 0 aliphatic carbocycles.